The summed E-state index contributed by atoms with van der Waals surface area (Å²) in [6, 6.07) is 17.8. The van der Waals surface area contributed by atoms with Gasteiger partial charge in [0, 0.05) is 22.3 Å². The van der Waals surface area contributed by atoms with Crippen molar-refractivity contribution in [2.45, 2.75) is 29.9 Å². The first-order valence-electron chi connectivity index (χ1n) is 8.76. The summed E-state index contributed by atoms with van der Waals surface area (Å²) in [4.78, 5) is 20.5. The lowest BCUT2D eigenvalue weighted by atomic mass is 10.2. The highest BCUT2D eigenvalue weighted by atomic mass is 32.2. The quantitative estimate of drug-likeness (QED) is 0.670. The van der Waals surface area contributed by atoms with Gasteiger partial charge in [-0.05, 0) is 30.7 Å². The third kappa shape index (κ3) is 3.53. The number of para-hydroxylation sites is 1. The molecule has 1 amide bonds. The topological polar surface area (TPSA) is 46.3 Å². The molecule has 1 unspecified atom stereocenters. The molecule has 1 atom stereocenters. The predicted molar refractivity (Wildman–Crippen MR) is 104 cm³/mol. The van der Waals surface area contributed by atoms with Crippen LogP contribution in [0, 0.1) is 0 Å². The van der Waals surface area contributed by atoms with Crippen molar-refractivity contribution in [2.75, 3.05) is 11.4 Å². The lowest BCUT2D eigenvalue weighted by molar-refractivity contribution is -0.118. The van der Waals surface area contributed by atoms with Gasteiger partial charge < -0.3 is 9.32 Å². The van der Waals surface area contributed by atoms with E-state index in [1.807, 2.05) is 65.2 Å². The second-order valence-electron chi connectivity index (χ2n) is 6.42. The van der Waals surface area contributed by atoms with Crippen molar-refractivity contribution in [3.8, 4) is 11.5 Å². The Labute approximate surface area is 157 Å². The molecule has 2 heterocycles. The smallest absolute Gasteiger partial charge is 0.233 e. The van der Waals surface area contributed by atoms with Gasteiger partial charge >= 0.3 is 0 Å². The molecule has 132 valence electrons. The van der Waals surface area contributed by atoms with Gasteiger partial charge in [0.15, 0.2) is 0 Å². The standard InChI is InChI=1S/C21H20N2O2S/c1-15-11-12-23(18-9-5-6-10-19(18)26-15)20(24)13-17-14-25-21(22-17)16-7-3-2-4-8-16/h2-10,14-15H,11-13H2,1H3. The molecule has 2 aromatic carbocycles. The number of rotatable bonds is 3. The van der Waals surface area contributed by atoms with Gasteiger partial charge in [-0.3, -0.25) is 4.79 Å². The molecule has 1 aliphatic heterocycles. The molecule has 1 aliphatic rings. The molecule has 0 radical (unpaired) electrons. The Morgan fingerprint density at radius 2 is 1.96 bits per heavy atom. The largest absolute Gasteiger partial charge is 0.444 e. The molecule has 0 bridgehead atoms. The molecule has 4 nitrogen and oxygen atoms in total. The highest BCUT2D eigenvalue weighted by Crippen LogP contribution is 2.37. The zero-order chi connectivity index (χ0) is 17.9. The lowest BCUT2D eigenvalue weighted by Gasteiger charge is -2.22. The van der Waals surface area contributed by atoms with E-state index in [0.717, 1.165) is 29.1 Å². The van der Waals surface area contributed by atoms with Crippen molar-refractivity contribution in [3.05, 3.63) is 66.6 Å². The van der Waals surface area contributed by atoms with Gasteiger partial charge in [-0.1, -0.05) is 37.3 Å². The van der Waals surface area contributed by atoms with Crippen LogP contribution in [0.25, 0.3) is 11.5 Å². The van der Waals surface area contributed by atoms with Crippen LogP contribution in [0.4, 0.5) is 5.69 Å². The van der Waals surface area contributed by atoms with Crippen molar-refractivity contribution >= 4 is 23.4 Å². The van der Waals surface area contributed by atoms with Crippen LogP contribution < -0.4 is 4.90 Å². The number of carbonyl (C=O) groups excluding carboxylic acids is 1. The van der Waals surface area contributed by atoms with E-state index >= 15 is 0 Å². The monoisotopic (exact) mass is 364 g/mol. The molecule has 0 saturated heterocycles. The van der Waals surface area contributed by atoms with Crippen LogP contribution >= 0.6 is 11.8 Å². The minimum Gasteiger partial charge on any atom is -0.444 e. The Kier molecular flexibility index (Phi) is 4.80. The van der Waals surface area contributed by atoms with Crippen molar-refractivity contribution in [3.63, 3.8) is 0 Å². The molecule has 0 fully saturated rings. The van der Waals surface area contributed by atoms with Gasteiger partial charge in [0.25, 0.3) is 0 Å². The highest BCUT2D eigenvalue weighted by Gasteiger charge is 2.24. The van der Waals surface area contributed by atoms with Gasteiger partial charge in [-0.25, -0.2) is 4.98 Å². The maximum absolute atomic E-state index is 13.0. The first-order valence-corrected chi connectivity index (χ1v) is 9.64. The molecule has 0 N–H and O–H groups in total. The van der Waals surface area contributed by atoms with E-state index in [2.05, 4.69) is 18.0 Å². The van der Waals surface area contributed by atoms with E-state index in [1.54, 1.807) is 6.26 Å². The second-order valence-corrected chi connectivity index (χ2v) is 7.90. The summed E-state index contributed by atoms with van der Waals surface area (Å²) in [7, 11) is 0. The summed E-state index contributed by atoms with van der Waals surface area (Å²) in [6.45, 7) is 2.94. The van der Waals surface area contributed by atoms with Gasteiger partial charge in [0.2, 0.25) is 11.8 Å². The Hall–Kier alpha value is -2.53. The predicted octanol–water partition coefficient (Wildman–Crippen LogP) is 4.80. The first-order chi connectivity index (χ1) is 12.7. The lowest BCUT2D eigenvalue weighted by Crippen LogP contribution is -2.33. The van der Waals surface area contributed by atoms with Crippen LogP contribution in [-0.4, -0.2) is 22.7 Å². The van der Waals surface area contributed by atoms with E-state index in [4.69, 9.17) is 4.42 Å². The Morgan fingerprint density at radius 3 is 2.81 bits per heavy atom. The summed E-state index contributed by atoms with van der Waals surface area (Å²) in [5.74, 6) is 0.605. The number of aromatic nitrogens is 1. The third-order valence-electron chi connectivity index (χ3n) is 4.45. The van der Waals surface area contributed by atoms with Gasteiger partial charge in [0.1, 0.15) is 6.26 Å². The molecule has 0 aliphatic carbocycles. The first kappa shape index (κ1) is 16.9. The maximum Gasteiger partial charge on any atom is 0.233 e. The molecule has 4 rings (SSSR count). The highest BCUT2D eigenvalue weighted by molar-refractivity contribution is 8.00. The third-order valence-corrected chi connectivity index (χ3v) is 5.69. The van der Waals surface area contributed by atoms with Crippen molar-refractivity contribution in [1.82, 2.24) is 4.98 Å². The number of oxazole rings is 1. The number of amides is 1. The van der Waals surface area contributed by atoms with E-state index < -0.39 is 0 Å². The van der Waals surface area contributed by atoms with E-state index in [0.29, 0.717) is 16.8 Å². The molecule has 0 spiro atoms. The van der Waals surface area contributed by atoms with Crippen LogP contribution in [0.5, 0.6) is 0 Å². The normalized spacial score (nSPS) is 16.8. The summed E-state index contributed by atoms with van der Waals surface area (Å²) in [5, 5.41) is 0.491. The Bertz CT molecular complexity index is 907. The number of thioether (sulfide) groups is 1. The van der Waals surface area contributed by atoms with Gasteiger partial charge in [-0.2, -0.15) is 0 Å². The van der Waals surface area contributed by atoms with Crippen molar-refractivity contribution < 1.29 is 9.21 Å². The zero-order valence-electron chi connectivity index (χ0n) is 14.6. The number of nitrogens with zero attached hydrogens (tertiary/aromatic N) is 2. The fourth-order valence-corrected chi connectivity index (χ4v) is 4.21. The number of fused-ring (bicyclic) bond motifs is 1. The van der Waals surface area contributed by atoms with Crippen LogP contribution in [-0.2, 0) is 11.2 Å². The molecule has 26 heavy (non-hydrogen) atoms. The minimum atomic E-state index is 0.0556. The minimum absolute atomic E-state index is 0.0556. The maximum atomic E-state index is 13.0. The fourth-order valence-electron chi connectivity index (χ4n) is 3.10. The van der Waals surface area contributed by atoms with E-state index in [1.165, 1.54) is 0 Å². The van der Waals surface area contributed by atoms with Crippen LogP contribution in [0.1, 0.15) is 19.0 Å². The zero-order valence-corrected chi connectivity index (χ0v) is 15.4. The molecule has 1 aromatic heterocycles. The average Bonchev–Trinajstić information content (AvgIpc) is 3.05. The van der Waals surface area contributed by atoms with Crippen molar-refractivity contribution in [1.29, 1.82) is 0 Å². The van der Waals surface area contributed by atoms with Crippen LogP contribution in [0.2, 0.25) is 0 Å². The summed E-state index contributed by atoms with van der Waals surface area (Å²) in [5.41, 5.74) is 2.58. The number of carbonyl (C=O) groups is 1. The molecule has 3 aromatic rings. The summed E-state index contributed by atoms with van der Waals surface area (Å²) >= 11 is 1.83. The second kappa shape index (κ2) is 7.38. The average molecular weight is 364 g/mol. The van der Waals surface area contributed by atoms with E-state index in [-0.39, 0.29) is 12.3 Å². The molecular formula is C21H20N2O2S. The van der Waals surface area contributed by atoms with Crippen LogP contribution in [0.3, 0.4) is 0 Å². The Balaban J connectivity index is 1.54. The number of anilines is 1. The van der Waals surface area contributed by atoms with Gasteiger partial charge in [0.05, 0.1) is 17.8 Å². The number of hydrogen-bond donors (Lipinski definition) is 0. The fraction of sp³-hybridized carbons (Fsp3) is 0.238. The van der Waals surface area contributed by atoms with E-state index in [9.17, 15) is 4.79 Å². The summed E-state index contributed by atoms with van der Waals surface area (Å²) < 4.78 is 5.56. The molecule has 5 heteroatoms. The van der Waals surface area contributed by atoms with Crippen LogP contribution in [0.15, 0.2) is 70.2 Å². The van der Waals surface area contributed by atoms with Crippen molar-refractivity contribution in [2.24, 2.45) is 0 Å². The number of hydrogen-bond acceptors (Lipinski definition) is 4. The molecular weight excluding hydrogens is 344 g/mol. The molecule has 0 saturated carbocycles. The SMILES string of the molecule is CC1CCN(C(=O)Cc2coc(-c3ccccc3)n2)c2ccccc2S1. The Morgan fingerprint density at radius 1 is 1.19 bits per heavy atom. The summed E-state index contributed by atoms with van der Waals surface area (Å²) in [6.07, 6.45) is 2.80. The van der Waals surface area contributed by atoms with Gasteiger partial charge in [-0.15, -0.1) is 11.8 Å². The number of benzene rings is 2.